The van der Waals surface area contributed by atoms with Crippen molar-refractivity contribution in [2.24, 2.45) is 5.92 Å². The first-order chi connectivity index (χ1) is 11.7. The summed E-state index contributed by atoms with van der Waals surface area (Å²) < 4.78 is 0. The average Bonchev–Trinajstić information content (AvgIpc) is 3.48. The molecule has 3 aromatic rings. The monoisotopic (exact) mass is 332 g/mol. The van der Waals surface area contributed by atoms with Crippen LogP contribution in [0.25, 0.3) is 0 Å². The third-order valence-corrected chi connectivity index (χ3v) is 12.3. The van der Waals surface area contributed by atoms with Crippen molar-refractivity contribution in [1.29, 1.82) is 0 Å². The van der Waals surface area contributed by atoms with Gasteiger partial charge in [-0.3, -0.25) is 0 Å². The van der Waals surface area contributed by atoms with Gasteiger partial charge in [-0.15, -0.1) is 0 Å². The van der Waals surface area contributed by atoms with Gasteiger partial charge in [0.1, 0.15) is 0 Å². The van der Waals surface area contributed by atoms with E-state index in [0.29, 0.717) is 0 Å². The SMILES string of the molecule is CP(CC1CC1)(c1ccccc1)(c1ccccc1)c1ccccc1. The molecule has 1 fully saturated rings. The van der Waals surface area contributed by atoms with Crippen LogP contribution in [0.5, 0.6) is 0 Å². The summed E-state index contributed by atoms with van der Waals surface area (Å²) in [6.45, 7) is 0.154. The van der Waals surface area contributed by atoms with Crippen LogP contribution in [0, 0.1) is 5.92 Å². The van der Waals surface area contributed by atoms with Crippen LogP contribution in [-0.2, 0) is 0 Å². The molecule has 0 nitrogen and oxygen atoms in total. The minimum absolute atomic E-state index is 0.869. The summed E-state index contributed by atoms with van der Waals surface area (Å²) in [5.74, 6) is 0.869. The molecule has 122 valence electrons. The van der Waals surface area contributed by atoms with Crippen LogP contribution in [0.2, 0.25) is 0 Å². The van der Waals surface area contributed by atoms with E-state index in [-0.39, 0.29) is 0 Å². The van der Waals surface area contributed by atoms with E-state index in [9.17, 15) is 0 Å². The van der Waals surface area contributed by atoms with Crippen LogP contribution in [0.1, 0.15) is 12.8 Å². The summed E-state index contributed by atoms with van der Waals surface area (Å²) in [5.41, 5.74) is 0. The molecule has 1 saturated carbocycles. The third kappa shape index (κ3) is 2.41. The molecule has 0 bridgehead atoms. The molecule has 0 amide bonds. The van der Waals surface area contributed by atoms with Gasteiger partial charge in [-0.25, -0.2) is 0 Å². The van der Waals surface area contributed by atoms with Crippen molar-refractivity contribution >= 4 is 22.5 Å². The Labute approximate surface area is 145 Å². The standard InChI is InChI=1S/C23H25P/c1-24(19-20-17-18-20,21-11-5-2-6-12-21,22-13-7-3-8-14-22)23-15-9-4-10-16-23/h2-16,20H,17-19H2,1H3. The second-order valence-electron chi connectivity index (χ2n) is 7.43. The zero-order valence-electron chi connectivity index (χ0n) is 14.3. The zero-order chi connectivity index (χ0) is 16.5. The van der Waals surface area contributed by atoms with Crippen LogP contribution in [0.15, 0.2) is 91.0 Å². The Kier molecular flexibility index (Phi) is 3.82. The topological polar surface area (TPSA) is 0 Å². The number of rotatable bonds is 5. The predicted molar refractivity (Wildman–Crippen MR) is 109 cm³/mol. The normalized spacial score (nSPS) is 16.3. The molecule has 0 spiro atoms. The second-order valence-corrected chi connectivity index (χ2v) is 12.9. The van der Waals surface area contributed by atoms with E-state index < -0.39 is 6.60 Å². The molecule has 1 heteroatoms. The molecule has 0 saturated heterocycles. The van der Waals surface area contributed by atoms with Crippen LogP contribution >= 0.6 is 6.60 Å². The Balaban J connectivity index is 2.07. The first kappa shape index (κ1) is 15.6. The fraction of sp³-hybridized carbons (Fsp3) is 0.217. The summed E-state index contributed by atoms with van der Waals surface area (Å²) in [6, 6.07) is 33.8. The van der Waals surface area contributed by atoms with Crippen LogP contribution < -0.4 is 15.9 Å². The van der Waals surface area contributed by atoms with E-state index in [0.717, 1.165) is 5.92 Å². The van der Waals surface area contributed by atoms with Gasteiger partial charge in [-0.1, -0.05) is 0 Å². The Hall–Kier alpha value is -1.91. The molecule has 0 radical (unpaired) electrons. The molecule has 0 N–H and O–H groups in total. The first-order valence-corrected chi connectivity index (χ1v) is 11.8. The Bertz CT molecular complexity index is 705. The summed E-state index contributed by atoms with van der Waals surface area (Å²) in [5, 5.41) is 4.56. The Morgan fingerprint density at radius 1 is 0.625 bits per heavy atom. The molecule has 1 aliphatic carbocycles. The predicted octanol–water partition coefficient (Wildman–Crippen LogP) is 4.56. The van der Waals surface area contributed by atoms with E-state index >= 15 is 0 Å². The van der Waals surface area contributed by atoms with E-state index in [1.807, 2.05) is 0 Å². The van der Waals surface area contributed by atoms with Gasteiger partial charge < -0.3 is 0 Å². The van der Waals surface area contributed by atoms with E-state index in [2.05, 4.69) is 97.7 Å². The number of benzene rings is 3. The molecular weight excluding hydrogens is 307 g/mol. The third-order valence-electron chi connectivity index (χ3n) is 5.78. The molecule has 4 rings (SSSR count). The van der Waals surface area contributed by atoms with Crippen molar-refractivity contribution in [3.63, 3.8) is 0 Å². The fourth-order valence-corrected chi connectivity index (χ4v) is 10.3. The van der Waals surface area contributed by atoms with Gasteiger partial charge >= 0.3 is 145 Å². The quantitative estimate of drug-likeness (QED) is 0.601. The summed E-state index contributed by atoms with van der Waals surface area (Å²) in [4.78, 5) is 0. The Morgan fingerprint density at radius 3 is 1.25 bits per heavy atom. The van der Waals surface area contributed by atoms with Crippen LogP contribution in [0.3, 0.4) is 0 Å². The van der Waals surface area contributed by atoms with Gasteiger partial charge in [-0.2, -0.15) is 0 Å². The zero-order valence-corrected chi connectivity index (χ0v) is 15.2. The van der Waals surface area contributed by atoms with E-state index in [4.69, 9.17) is 0 Å². The van der Waals surface area contributed by atoms with Crippen molar-refractivity contribution in [3.05, 3.63) is 91.0 Å². The molecule has 24 heavy (non-hydrogen) atoms. The van der Waals surface area contributed by atoms with Gasteiger partial charge in [0.25, 0.3) is 0 Å². The molecule has 0 heterocycles. The van der Waals surface area contributed by atoms with Crippen molar-refractivity contribution in [1.82, 2.24) is 0 Å². The molecule has 0 aliphatic heterocycles. The maximum atomic E-state index is 2.59. The summed E-state index contributed by atoms with van der Waals surface area (Å²) in [7, 11) is 0. The fourth-order valence-electron chi connectivity index (χ4n) is 4.20. The number of hydrogen-bond acceptors (Lipinski definition) is 0. The van der Waals surface area contributed by atoms with Crippen LogP contribution in [-0.4, -0.2) is 12.8 Å². The van der Waals surface area contributed by atoms with Gasteiger partial charge in [0.15, 0.2) is 0 Å². The van der Waals surface area contributed by atoms with Gasteiger partial charge in [-0.05, 0) is 0 Å². The summed E-state index contributed by atoms with van der Waals surface area (Å²) >= 11 is 0. The first-order valence-electron chi connectivity index (χ1n) is 8.89. The molecule has 0 atom stereocenters. The summed E-state index contributed by atoms with van der Waals surface area (Å²) in [6.07, 6.45) is 4.07. The van der Waals surface area contributed by atoms with Crippen molar-refractivity contribution in [3.8, 4) is 0 Å². The molecule has 1 aliphatic rings. The minimum atomic E-state index is -2.43. The number of hydrogen-bond donors (Lipinski definition) is 0. The van der Waals surface area contributed by atoms with Gasteiger partial charge in [0.05, 0.1) is 0 Å². The Morgan fingerprint density at radius 2 is 0.958 bits per heavy atom. The van der Waals surface area contributed by atoms with Crippen LogP contribution in [0.4, 0.5) is 0 Å². The van der Waals surface area contributed by atoms with Crippen molar-refractivity contribution in [2.45, 2.75) is 12.8 Å². The average molecular weight is 332 g/mol. The second kappa shape index (κ2) is 5.87. The maximum absolute atomic E-state index is 2.59. The van der Waals surface area contributed by atoms with Crippen molar-refractivity contribution in [2.75, 3.05) is 12.8 Å². The molecule has 0 unspecified atom stereocenters. The molecule has 0 aromatic heterocycles. The van der Waals surface area contributed by atoms with E-state index in [1.165, 1.54) is 34.9 Å². The molecule has 3 aromatic carbocycles. The molecular formula is C23H25P. The van der Waals surface area contributed by atoms with Crippen molar-refractivity contribution < 1.29 is 0 Å². The van der Waals surface area contributed by atoms with Gasteiger partial charge in [0, 0.05) is 0 Å². The van der Waals surface area contributed by atoms with E-state index in [1.54, 1.807) is 0 Å². The van der Waals surface area contributed by atoms with Gasteiger partial charge in [0.2, 0.25) is 0 Å².